The minimum Gasteiger partial charge on any atom is -0.493 e. The zero-order valence-corrected chi connectivity index (χ0v) is 19.0. The minimum absolute atomic E-state index is 0.111. The Kier molecular flexibility index (Phi) is 10.5. The first-order chi connectivity index (χ1) is 15.1. The summed E-state index contributed by atoms with van der Waals surface area (Å²) in [5.41, 5.74) is 1.41. The maximum atomic E-state index is 12.8. The molecule has 0 unspecified atom stereocenters. The fraction of sp³-hybridized carbons (Fsp3) is 0.375. The van der Waals surface area contributed by atoms with Gasteiger partial charge in [-0.1, -0.05) is 57.4 Å². The van der Waals surface area contributed by atoms with Gasteiger partial charge in [0.2, 0.25) is 0 Å². The molecule has 2 amide bonds. The van der Waals surface area contributed by atoms with Crippen LogP contribution in [0.25, 0.3) is 0 Å². The summed E-state index contributed by atoms with van der Waals surface area (Å²) in [5.74, 6) is -0.0282. The number of thiocarbonyl (C=S) groups is 1. The van der Waals surface area contributed by atoms with E-state index in [4.69, 9.17) is 17.0 Å². The van der Waals surface area contributed by atoms with Gasteiger partial charge in [0.15, 0.2) is 5.11 Å². The molecule has 166 valence electrons. The van der Waals surface area contributed by atoms with E-state index < -0.39 is 0 Å². The van der Waals surface area contributed by atoms with Crippen molar-refractivity contribution < 1.29 is 14.3 Å². The highest BCUT2D eigenvalue weighted by molar-refractivity contribution is 7.80. The number of nitrogens with one attached hydrogen (secondary N) is 3. The standard InChI is InChI=1S/C24H31N3O3S/c1-3-5-11-17-30-21-15-10-8-13-19(21)23(29)27-24(31)26-20-14-9-7-12-18(20)22(28)25-16-6-4-2/h7-10,12-15H,3-6,11,16-17H2,1-2H3,(H,25,28)(H2,26,27,29,31). The highest BCUT2D eigenvalue weighted by atomic mass is 32.1. The highest BCUT2D eigenvalue weighted by Gasteiger charge is 2.16. The highest BCUT2D eigenvalue weighted by Crippen LogP contribution is 2.19. The average Bonchev–Trinajstić information content (AvgIpc) is 2.77. The fourth-order valence-corrected chi connectivity index (χ4v) is 3.10. The molecule has 2 aromatic rings. The van der Waals surface area contributed by atoms with Gasteiger partial charge in [-0.05, 0) is 49.3 Å². The Bertz CT molecular complexity index is 886. The van der Waals surface area contributed by atoms with Crippen LogP contribution in [0, 0.1) is 0 Å². The second kappa shape index (κ2) is 13.4. The van der Waals surface area contributed by atoms with Gasteiger partial charge in [0.1, 0.15) is 5.75 Å². The second-order valence-electron chi connectivity index (χ2n) is 7.12. The Hall–Kier alpha value is -2.93. The first-order valence-electron chi connectivity index (χ1n) is 10.8. The SMILES string of the molecule is CCCCCOc1ccccc1C(=O)NC(=S)Nc1ccccc1C(=O)NCCCC. The van der Waals surface area contributed by atoms with Crippen LogP contribution < -0.4 is 20.7 Å². The number of rotatable bonds is 11. The summed E-state index contributed by atoms with van der Waals surface area (Å²) < 4.78 is 5.78. The molecule has 0 radical (unpaired) electrons. The number of para-hydroxylation sites is 2. The lowest BCUT2D eigenvalue weighted by Crippen LogP contribution is -2.35. The van der Waals surface area contributed by atoms with Crippen molar-refractivity contribution in [3.63, 3.8) is 0 Å². The number of unbranched alkanes of at least 4 members (excludes halogenated alkanes) is 3. The summed E-state index contributed by atoms with van der Waals surface area (Å²) in [4.78, 5) is 25.2. The van der Waals surface area contributed by atoms with Crippen molar-refractivity contribution in [1.82, 2.24) is 10.6 Å². The summed E-state index contributed by atoms with van der Waals surface area (Å²) in [6.45, 7) is 5.36. The van der Waals surface area contributed by atoms with Gasteiger partial charge in [0.25, 0.3) is 11.8 Å². The van der Waals surface area contributed by atoms with Crippen LogP contribution in [0.15, 0.2) is 48.5 Å². The Balaban J connectivity index is 2.01. The smallest absolute Gasteiger partial charge is 0.261 e. The van der Waals surface area contributed by atoms with E-state index in [1.165, 1.54) is 0 Å². The Morgan fingerprint density at radius 1 is 0.871 bits per heavy atom. The Morgan fingerprint density at radius 3 is 2.29 bits per heavy atom. The van der Waals surface area contributed by atoms with Crippen LogP contribution in [0.1, 0.15) is 66.7 Å². The largest absolute Gasteiger partial charge is 0.493 e. The van der Waals surface area contributed by atoms with Crippen molar-refractivity contribution in [3.05, 3.63) is 59.7 Å². The van der Waals surface area contributed by atoms with Gasteiger partial charge >= 0.3 is 0 Å². The molecule has 0 fully saturated rings. The van der Waals surface area contributed by atoms with E-state index in [1.807, 2.05) is 6.07 Å². The van der Waals surface area contributed by atoms with Crippen molar-refractivity contribution in [2.45, 2.75) is 46.0 Å². The fourth-order valence-electron chi connectivity index (χ4n) is 2.90. The number of hydrogen-bond donors (Lipinski definition) is 3. The zero-order chi connectivity index (χ0) is 22.5. The molecule has 31 heavy (non-hydrogen) atoms. The van der Waals surface area contributed by atoms with Crippen molar-refractivity contribution in [2.24, 2.45) is 0 Å². The van der Waals surface area contributed by atoms with Gasteiger partial charge in [-0.15, -0.1) is 0 Å². The molecule has 0 bridgehead atoms. The molecule has 0 aliphatic heterocycles. The number of benzene rings is 2. The zero-order valence-electron chi connectivity index (χ0n) is 18.2. The third-order valence-corrected chi connectivity index (χ3v) is 4.80. The lowest BCUT2D eigenvalue weighted by atomic mass is 10.1. The molecular weight excluding hydrogens is 410 g/mol. The number of carbonyl (C=O) groups excluding carboxylic acids is 2. The Labute approximate surface area is 189 Å². The molecule has 6 nitrogen and oxygen atoms in total. The molecule has 0 saturated carbocycles. The van der Waals surface area contributed by atoms with E-state index in [0.29, 0.717) is 35.7 Å². The van der Waals surface area contributed by atoms with E-state index in [0.717, 1.165) is 32.1 Å². The van der Waals surface area contributed by atoms with Gasteiger partial charge in [-0.3, -0.25) is 14.9 Å². The summed E-state index contributed by atoms with van der Waals surface area (Å²) in [6, 6.07) is 14.1. The minimum atomic E-state index is -0.367. The van der Waals surface area contributed by atoms with Crippen molar-refractivity contribution in [3.8, 4) is 5.75 Å². The molecule has 7 heteroatoms. The van der Waals surface area contributed by atoms with Crippen LogP contribution in [0.2, 0.25) is 0 Å². The lowest BCUT2D eigenvalue weighted by molar-refractivity contribution is 0.0951. The van der Waals surface area contributed by atoms with Crippen LogP contribution in [-0.2, 0) is 0 Å². The van der Waals surface area contributed by atoms with Crippen LogP contribution in [0.3, 0.4) is 0 Å². The van der Waals surface area contributed by atoms with Gasteiger partial charge in [0.05, 0.1) is 23.4 Å². The van der Waals surface area contributed by atoms with Crippen LogP contribution in [0.5, 0.6) is 5.75 Å². The number of hydrogen-bond acceptors (Lipinski definition) is 4. The van der Waals surface area contributed by atoms with E-state index in [1.54, 1.807) is 42.5 Å². The van der Waals surface area contributed by atoms with E-state index in [-0.39, 0.29) is 16.9 Å². The number of ether oxygens (including phenoxy) is 1. The van der Waals surface area contributed by atoms with Gasteiger partial charge in [0, 0.05) is 6.54 Å². The molecule has 3 N–H and O–H groups in total. The van der Waals surface area contributed by atoms with Crippen molar-refractivity contribution in [1.29, 1.82) is 0 Å². The third-order valence-electron chi connectivity index (χ3n) is 4.60. The van der Waals surface area contributed by atoms with E-state index >= 15 is 0 Å². The molecule has 0 aliphatic rings. The first kappa shape index (κ1) is 24.3. The van der Waals surface area contributed by atoms with Gasteiger partial charge < -0.3 is 15.4 Å². The Morgan fingerprint density at radius 2 is 1.55 bits per heavy atom. The van der Waals surface area contributed by atoms with Crippen molar-refractivity contribution in [2.75, 3.05) is 18.5 Å². The summed E-state index contributed by atoms with van der Waals surface area (Å²) in [6.07, 6.45) is 5.02. The third kappa shape index (κ3) is 8.02. The molecule has 0 aromatic heterocycles. The van der Waals surface area contributed by atoms with E-state index in [9.17, 15) is 9.59 Å². The average molecular weight is 442 g/mol. The predicted octanol–water partition coefficient (Wildman–Crippen LogP) is 4.91. The predicted molar refractivity (Wildman–Crippen MR) is 129 cm³/mol. The molecular formula is C24H31N3O3S. The molecule has 0 saturated heterocycles. The van der Waals surface area contributed by atoms with Crippen molar-refractivity contribution >= 4 is 34.8 Å². The molecule has 2 aromatic carbocycles. The maximum absolute atomic E-state index is 12.8. The molecule has 0 spiro atoms. The molecule has 0 aliphatic carbocycles. The number of anilines is 1. The lowest BCUT2D eigenvalue weighted by Gasteiger charge is -2.15. The summed E-state index contributed by atoms with van der Waals surface area (Å²) >= 11 is 5.31. The number of carbonyl (C=O) groups is 2. The second-order valence-corrected chi connectivity index (χ2v) is 7.52. The van der Waals surface area contributed by atoms with Gasteiger partial charge in [-0.25, -0.2) is 0 Å². The maximum Gasteiger partial charge on any atom is 0.261 e. The van der Waals surface area contributed by atoms with Crippen LogP contribution >= 0.6 is 12.2 Å². The van der Waals surface area contributed by atoms with E-state index in [2.05, 4.69) is 29.8 Å². The normalized spacial score (nSPS) is 10.3. The summed E-state index contributed by atoms with van der Waals surface area (Å²) in [5, 5.41) is 8.64. The van der Waals surface area contributed by atoms with Crippen LogP contribution in [0.4, 0.5) is 5.69 Å². The number of amides is 2. The molecule has 2 rings (SSSR count). The topological polar surface area (TPSA) is 79.5 Å². The monoisotopic (exact) mass is 441 g/mol. The molecule has 0 atom stereocenters. The van der Waals surface area contributed by atoms with Gasteiger partial charge in [-0.2, -0.15) is 0 Å². The van der Waals surface area contributed by atoms with Crippen LogP contribution in [-0.4, -0.2) is 30.1 Å². The summed E-state index contributed by atoms with van der Waals surface area (Å²) in [7, 11) is 0. The quantitative estimate of drug-likeness (QED) is 0.341. The molecule has 0 heterocycles. The first-order valence-corrected chi connectivity index (χ1v) is 11.2.